The van der Waals surface area contributed by atoms with Gasteiger partial charge in [-0.3, -0.25) is 0 Å². The molecule has 0 aromatic heterocycles. The van der Waals surface area contributed by atoms with Crippen molar-refractivity contribution >= 4 is 75.4 Å². The third-order valence-electron chi connectivity index (χ3n) is 3.46. The predicted molar refractivity (Wildman–Crippen MR) is 104 cm³/mol. The van der Waals surface area contributed by atoms with Gasteiger partial charge in [0.25, 0.3) is 0 Å². The Bertz CT molecular complexity index is 162. The van der Waals surface area contributed by atoms with Crippen LogP contribution in [0.3, 0.4) is 0 Å². The fourth-order valence-electron chi connectivity index (χ4n) is 3.21. The predicted octanol–water partition coefficient (Wildman–Crippen LogP) is 3.13. The Labute approximate surface area is 177 Å². The van der Waals surface area contributed by atoms with Gasteiger partial charge in [-0.2, -0.15) is 0 Å². The second-order valence-electron chi connectivity index (χ2n) is 7.07. The summed E-state index contributed by atoms with van der Waals surface area (Å²) in [6.07, 6.45) is 4.06. The van der Waals surface area contributed by atoms with E-state index in [1.165, 1.54) is 19.3 Å². The molecule has 105 valence electrons. The van der Waals surface area contributed by atoms with Crippen molar-refractivity contribution in [2.75, 3.05) is 0 Å². The first-order chi connectivity index (χ1) is 7.19. The molecular formula is C16H37Li4. The number of rotatable bonds is 7. The van der Waals surface area contributed by atoms with Crippen molar-refractivity contribution < 1.29 is 0 Å². The summed E-state index contributed by atoms with van der Waals surface area (Å²) >= 11 is 0. The second-order valence-corrected chi connectivity index (χ2v) is 7.07. The average molecular weight is 257 g/mol. The minimum atomic E-state index is 0. The van der Waals surface area contributed by atoms with Gasteiger partial charge < -0.3 is 0 Å². The van der Waals surface area contributed by atoms with Crippen LogP contribution in [-0.4, -0.2) is 75.4 Å². The average Bonchev–Trinajstić information content (AvgIpc) is 1.98. The normalized spacial score (nSPS) is 10.8. The van der Waals surface area contributed by atoms with Crippen LogP contribution in [0.1, 0.15) is 74.7 Å². The summed E-state index contributed by atoms with van der Waals surface area (Å²) in [7, 11) is 0. The maximum absolute atomic E-state index is 2.36. The zero-order valence-electron chi connectivity index (χ0n) is 12.9. The van der Waals surface area contributed by atoms with E-state index in [0.717, 1.165) is 17.8 Å². The van der Waals surface area contributed by atoms with E-state index in [1.54, 1.807) is 5.92 Å². The molecule has 0 atom stereocenters. The maximum atomic E-state index is 2.36. The van der Waals surface area contributed by atoms with E-state index < -0.39 is 0 Å². The van der Waals surface area contributed by atoms with Gasteiger partial charge in [0.15, 0.2) is 0 Å². The van der Waals surface area contributed by atoms with E-state index in [2.05, 4.69) is 55.4 Å². The third-order valence-corrected chi connectivity index (χ3v) is 3.46. The second kappa shape index (κ2) is 16.3. The van der Waals surface area contributed by atoms with Crippen molar-refractivity contribution in [3.8, 4) is 0 Å². The van der Waals surface area contributed by atoms with Gasteiger partial charge in [-0.15, -0.1) is 0 Å². The Morgan fingerprint density at radius 3 is 0.900 bits per heavy atom. The Morgan fingerprint density at radius 1 is 0.600 bits per heavy atom. The van der Waals surface area contributed by atoms with Crippen molar-refractivity contribution in [2.24, 2.45) is 23.2 Å². The van der Waals surface area contributed by atoms with E-state index >= 15 is 0 Å². The van der Waals surface area contributed by atoms with Gasteiger partial charge >= 0.3 is 75.4 Å². The van der Waals surface area contributed by atoms with E-state index in [1.807, 2.05) is 0 Å². The molecule has 0 unspecified atom stereocenters. The van der Waals surface area contributed by atoms with Crippen molar-refractivity contribution in [1.82, 2.24) is 0 Å². The standard InChI is InChI=1S/C16H33.4Li.4H/c1-12(2)9-16(15(7)8,10-13(3)4)11-14(5)6;;;;;;;;/h12-14H,9-11H2,1-8H3;;;;;;;;. The van der Waals surface area contributed by atoms with E-state index in [0.29, 0.717) is 5.41 Å². The van der Waals surface area contributed by atoms with E-state index in [4.69, 9.17) is 0 Å². The van der Waals surface area contributed by atoms with Crippen LogP contribution in [0, 0.1) is 29.1 Å². The molecule has 0 N–H and O–H groups in total. The summed E-state index contributed by atoms with van der Waals surface area (Å²) in [5, 5.41) is 0. The number of hydrogen-bond acceptors (Lipinski definition) is 0. The van der Waals surface area contributed by atoms with Crippen LogP contribution < -0.4 is 0 Å². The Kier molecular flexibility index (Phi) is 27.5. The van der Waals surface area contributed by atoms with Gasteiger partial charge in [-0.1, -0.05) is 55.4 Å². The molecule has 0 amide bonds. The van der Waals surface area contributed by atoms with Crippen LogP contribution in [0.25, 0.3) is 0 Å². The van der Waals surface area contributed by atoms with E-state index in [9.17, 15) is 0 Å². The van der Waals surface area contributed by atoms with Crippen LogP contribution in [-0.2, 0) is 0 Å². The molecule has 4 heteroatoms. The van der Waals surface area contributed by atoms with Gasteiger partial charge in [0.1, 0.15) is 0 Å². The van der Waals surface area contributed by atoms with Crippen molar-refractivity contribution in [3.63, 3.8) is 0 Å². The van der Waals surface area contributed by atoms with Crippen molar-refractivity contribution in [3.05, 3.63) is 5.92 Å². The summed E-state index contributed by atoms with van der Waals surface area (Å²) < 4.78 is 0. The fourth-order valence-corrected chi connectivity index (χ4v) is 3.21. The fraction of sp³-hybridized carbons (Fsp3) is 0.938. The van der Waals surface area contributed by atoms with E-state index in [-0.39, 0.29) is 75.4 Å². The van der Waals surface area contributed by atoms with Crippen LogP contribution in [0.15, 0.2) is 0 Å². The zero-order chi connectivity index (χ0) is 12.9. The SMILES string of the molecule is C[C](C)C(CC(C)C)(CC(C)C)CC(C)C.[LiH].[LiH].[LiH].[LiH]. The minimum absolute atomic E-state index is 0. The molecule has 0 heterocycles. The van der Waals surface area contributed by atoms with Crippen LogP contribution in [0.4, 0.5) is 0 Å². The molecule has 0 aromatic rings. The molecule has 0 aromatic carbocycles. The Morgan fingerprint density at radius 2 is 0.800 bits per heavy atom. The summed E-state index contributed by atoms with van der Waals surface area (Å²) in [6.45, 7) is 18.8. The molecule has 0 saturated carbocycles. The monoisotopic (exact) mass is 257 g/mol. The van der Waals surface area contributed by atoms with Gasteiger partial charge in [-0.25, -0.2) is 0 Å². The third kappa shape index (κ3) is 14.0. The van der Waals surface area contributed by atoms with Gasteiger partial charge in [0.05, 0.1) is 0 Å². The molecule has 20 heavy (non-hydrogen) atoms. The summed E-state index contributed by atoms with van der Waals surface area (Å²) in [4.78, 5) is 0. The van der Waals surface area contributed by atoms with Gasteiger partial charge in [0, 0.05) is 0 Å². The molecule has 0 aliphatic heterocycles. The molecule has 0 aliphatic rings. The zero-order valence-corrected chi connectivity index (χ0v) is 12.9. The number of hydrogen-bond donors (Lipinski definition) is 0. The van der Waals surface area contributed by atoms with Crippen LogP contribution in [0.2, 0.25) is 0 Å². The molecule has 0 saturated heterocycles. The van der Waals surface area contributed by atoms with Crippen LogP contribution >= 0.6 is 0 Å². The first-order valence-electron chi connectivity index (χ1n) is 7.00. The first kappa shape index (κ1) is 33.9. The van der Waals surface area contributed by atoms with Crippen molar-refractivity contribution in [1.29, 1.82) is 0 Å². The van der Waals surface area contributed by atoms with Gasteiger partial charge in [-0.05, 0) is 48.3 Å². The topological polar surface area (TPSA) is 0 Å². The Balaban J connectivity index is -0.000000187. The molecule has 0 aliphatic carbocycles. The molecular weight excluding hydrogens is 220 g/mol. The quantitative estimate of drug-likeness (QED) is 0.615. The summed E-state index contributed by atoms with van der Waals surface area (Å²) in [5.41, 5.74) is 0.483. The van der Waals surface area contributed by atoms with Crippen molar-refractivity contribution in [2.45, 2.75) is 74.7 Å². The van der Waals surface area contributed by atoms with Crippen LogP contribution in [0.5, 0.6) is 0 Å². The molecule has 0 spiro atoms. The summed E-state index contributed by atoms with van der Waals surface area (Å²) in [5.74, 6) is 4.04. The first-order valence-corrected chi connectivity index (χ1v) is 7.00. The molecule has 0 nitrogen and oxygen atoms in total. The molecule has 0 bridgehead atoms. The van der Waals surface area contributed by atoms with Gasteiger partial charge in [0.2, 0.25) is 0 Å². The Hall–Kier alpha value is 2.39. The molecule has 0 fully saturated rings. The molecule has 0 rings (SSSR count). The summed E-state index contributed by atoms with van der Waals surface area (Å²) in [6, 6.07) is 0. The molecule has 1 radical (unpaired) electrons.